The van der Waals surface area contributed by atoms with Crippen molar-refractivity contribution in [1.82, 2.24) is 14.8 Å². The summed E-state index contributed by atoms with van der Waals surface area (Å²) in [6.45, 7) is 1.97. The van der Waals surface area contributed by atoms with Crippen LogP contribution in [0.4, 0.5) is 11.6 Å². The zero-order chi connectivity index (χ0) is 15.4. The normalized spacial score (nSPS) is 10.4. The number of hydrogen-bond donors (Lipinski definition) is 1. The molecule has 0 bridgehead atoms. The summed E-state index contributed by atoms with van der Waals surface area (Å²) < 4.78 is 2.26. The van der Waals surface area contributed by atoms with Crippen LogP contribution in [0.15, 0.2) is 28.9 Å². The number of aromatic nitrogens is 3. The van der Waals surface area contributed by atoms with Crippen LogP contribution in [0, 0.1) is 17.0 Å². The van der Waals surface area contributed by atoms with Gasteiger partial charge in [0.15, 0.2) is 0 Å². The lowest BCUT2D eigenvalue weighted by Gasteiger charge is -2.04. The predicted molar refractivity (Wildman–Crippen MR) is 78.8 cm³/mol. The maximum Gasteiger partial charge on any atom is 0.390 e. The van der Waals surface area contributed by atoms with E-state index in [4.69, 9.17) is 0 Å². The Morgan fingerprint density at radius 3 is 2.86 bits per heavy atom. The van der Waals surface area contributed by atoms with Gasteiger partial charge in [-0.25, -0.2) is 4.98 Å². The monoisotopic (exact) mass is 353 g/mol. The van der Waals surface area contributed by atoms with E-state index in [9.17, 15) is 14.9 Å². The molecule has 1 N–H and O–H groups in total. The van der Waals surface area contributed by atoms with E-state index < -0.39 is 4.92 Å². The van der Waals surface area contributed by atoms with Crippen molar-refractivity contribution in [3.05, 3.63) is 44.7 Å². The number of hydrogen-bond acceptors (Lipinski definition) is 5. The second kappa shape index (κ2) is 6.44. The molecule has 9 heteroatoms. The molecule has 0 unspecified atom stereocenters. The standard InChI is InChI=1S/C12H12BrN5O3/c1-8-6-11(18(20)21)16-17(8)5-4-12(19)15-10-3-2-9(13)7-14-10/h2-3,6-7H,4-5H2,1H3,(H,14,15,19). The molecule has 1 amide bonds. The van der Waals surface area contributed by atoms with Gasteiger partial charge in [-0.05, 0) is 39.9 Å². The minimum atomic E-state index is -0.560. The van der Waals surface area contributed by atoms with Crippen LogP contribution in [0.1, 0.15) is 12.1 Å². The Morgan fingerprint density at radius 1 is 1.52 bits per heavy atom. The fourth-order valence-electron chi connectivity index (χ4n) is 1.67. The highest BCUT2D eigenvalue weighted by atomic mass is 79.9. The summed E-state index contributed by atoms with van der Waals surface area (Å²) in [7, 11) is 0. The van der Waals surface area contributed by atoms with E-state index in [1.165, 1.54) is 10.7 Å². The van der Waals surface area contributed by atoms with Crippen molar-refractivity contribution in [3.63, 3.8) is 0 Å². The number of halogens is 1. The van der Waals surface area contributed by atoms with Crippen molar-refractivity contribution in [3.8, 4) is 0 Å². The molecule has 8 nitrogen and oxygen atoms in total. The number of pyridine rings is 1. The molecular formula is C12H12BrN5O3. The fourth-order valence-corrected chi connectivity index (χ4v) is 1.91. The van der Waals surface area contributed by atoms with Gasteiger partial charge in [0, 0.05) is 17.1 Å². The van der Waals surface area contributed by atoms with Crippen molar-refractivity contribution in [1.29, 1.82) is 0 Å². The number of carbonyl (C=O) groups excluding carboxylic acids is 1. The number of nitro groups is 1. The number of aryl methyl sites for hydroxylation is 2. The molecule has 0 aliphatic heterocycles. The van der Waals surface area contributed by atoms with E-state index in [0.29, 0.717) is 11.5 Å². The Morgan fingerprint density at radius 2 is 2.29 bits per heavy atom. The Kier molecular flexibility index (Phi) is 4.63. The van der Waals surface area contributed by atoms with Gasteiger partial charge in [0.25, 0.3) is 0 Å². The fraction of sp³-hybridized carbons (Fsp3) is 0.250. The molecule has 0 spiro atoms. The molecule has 0 fully saturated rings. The average Bonchev–Trinajstić information content (AvgIpc) is 2.81. The van der Waals surface area contributed by atoms with Gasteiger partial charge in [-0.15, -0.1) is 0 Å². The number of nitrogens with one attached hydrogen (secondary N) is 1. The van der Waals surface area contributed by atoms with Crippen LogP contribution < -0.4 is 5.32 Å². The molecule has 0 aliphatic carbocycles. The van der Waals surface area contributed by atoms with E-state index in [1.807, 2.05) is 0 Å². The smallest absolute Gasteiger partial charge is 0.358 e. The first-order chi connectivity index (χ1) is 9.95. The van der Waals surface area contributed by atoms with Crippen molar-refractivity contribution in [2.75, 3.05) is 5.32 Å². The summed E-state index contributed by atoms with van der Waals surface area (Å²) in [5, 5.41) is 17.1. The molecule has 0 saturated carbocycles. The zero-order valence-electron chi connectivity index (χ0n) is 11.1. The lowest BCUT2D eigenvalue weighted by atomic mass is 10.3. The van der Waals surface area contributed by atoms with Crippen LogP contribution in [-0.4, -0.2) is 25.6 Å². The largest absolute Gasteiger partial charge is 0.390 e. The van der Waals surface area contributed by atoms with E-state index in [0.717, 1.165) is 4.47 Å². The van der Waals surface area contributed by atoms with Gasteiger partial charge in [0.05, 0.1) is 23.4 Å². The summed E-state index contributed by atoms with van der Waals surface area (Å²) in [6, 6.07) is 4.81. The quantitative estimate of drug-likeness (QED) is 0.655. The van der Waals surface area contributed by atoms with Gasteiger partial charge in [0.1, 0.15) is 5.82 Å². The van der Waals surface area contributed by atoms with Crippen LogP contribution in [-0.2, 0) is 11.3 Å². The topological polar surface area (TPSA) is 103 Å². The van der Waals surface area contributed by atoms with Gasteiger partial charge in [-0.3, -0.25) is 4.79 Å². The molecule has 0 aliphatic rings. The number of carbonyl (C=O) groups is 1. The second-order valence-corrected chi connectivity index (χ2v) is 5.20. The van der Waals surface area contributed by atoms with E-state index >= 15 is 0 Å². The summed E-state index contributed by atoms with van der Waals surface area (Å²) in [5.74, 6) is -0.00349. The molecule has 110 valence electrons. The molecule has 0 radical (unpaired) electrons. The minimum absolute atomic E-state index is 0.150. The maximum absolute atomic E-state index is 11.8. The van der Waals surface area contributed by atoms with Crippen molar-refractivity contribution >= 4 is 33.5 Å². The van der Waals surface area contributed by atoms with E-state index in [2.05, 4.69) is 31.3 Å². The minimum Gasteiger partial charge on any atom is -0.358 e. The number of rotatable bonds is 5. The molecule has 21 heavy (non-hydrogen) atoms. The number of nitrogens with zero attached hydrogens (tertiary/aromatic N) is 4. The third-order valence-electron chi connectivity index (χ3n) is 2.70. The molecule has 2 aromatic rings. The van der Waals surface area contributed by atoms with Crippen LogP contribution in [0.3, 0.4) is 0 Å². The van der Waals surface area contributed by atoms with Crippen LogP contribution in [0.5, 0.6) is 0 Å². The SMILES string of the molecule is Cc1cc([N+](=O)[O-])nn1CCC(=O)Nc1ccc(Br)cn1. The van der Waals surface area contributed by atoms with Crippen molar-refractivity contribution < 1.29 is 9.72 Å². The molecule has 0 saturated heterocycles. The van der Waals surface area contributed by atoms with Crippen LogP contribution >= 0.6 is 15.9 Å². The molecule has 0 aromatic carbocycles. The van der Waals surface area contributed by atoms with Crippen LogP contribution in [0.2, 0.25) is 0 Å². The van der Waals surface area contributed by atoms with Crippen molar-refractivity contribution in [2.45, 2.75) is 19.9 Å². The summed E-state index contributed by atoms with van der Waals surface area (Å²) in [4.78, 5) is 25.9. The lowest BCUT2D eigenvalue weighted by Crippen LogP contribution is -2.16. The molecule has 0 atom stereocenters. The van der Waals surface area contributed by atoms with Gasteiger partial charge >= 0.3 is 5.82 Å². The van der Waals surface area contributed by atoms with Gasteiger partial charge in [-0.2, -0.15) is 4.68 Å². The Balaban J connectivity index is 1.92. The summed E-state index contributed by atoms with van der Waals surface area (Å²) >= 11 is 3.25. The highest BCUT2D eigenvalue weighted by molar-refractivity contribution is 9.10. The maximum atomic E-state index is 11.8. The Labute approximate surface area is 128 Å². The highest BCUT2D eigenvalue weighted by Crippen LogP contribution is 2.12. The van der Waals surface area contributed by atoms with Gasteiger partial charge in [0.2, 0.25) is 5.91 Å². The average molecular weight is 354 g/mol. The van der Waals surface area contributed by atoms with Gasteiger partial charge < -0.3 is 15.4 Å². The first-order valence-electron chi connectivity index (χ1n) is 6.06. The van der Waals surface area contributed by atoms with Gasteiger partial charge in [-0.1, -0.05) is 0 Å². The summed E-state index contributed by atoms with van der Waals surface area (Å²) in [6.07, 6.45) is 1.73. The predicted octanol–water partition coefficient (Wildman–Crippen LogP) is 2.29. The molecule has 2 heterocycles. The molecule has 2 rings (SSSR count). The van der Waals surface area contributed by atoms with E-state index in [-0.39, 0.29) is 24.7 Å². The Hall–Kier alpha value is -2.29. The second-order valence-electron chi connectivity index (χ2n) is 4.28. The first-order valence-corrected chi connectivity index (χ1v) is 6.85. The third kappa shape index (κ3) is 4.09. The zero-order valence-corrected chi connectivity index (χ0v) is 12.7. The number of amides is 1. The molecule has 2 aromatic heterocycles. The van der Waals surface area contributed by atoms with E-state index in [1.54, 1.807) is 25.3 Å². The lowest BCUT2D eigenvalue weighted by molar-refractivity contribution is -0.389. The summed E-state index contributed by atoms with van der Waals surface area (Å²) in [5.41, 5.74) is 0.635. The Bertz CT molecular complexity index is 668. The molecular weight excluding hydrogens is 342 g/mol. The highest BCUT2D eigenvalue weighted by Gasteiger charge is 2.16. The first kappa shape index (κ1) is 15.1. The third-order valence-corrected chi connectivity index (χ3v) is 3.17. The van der Waals surface area contributed by atoms with Crippen molar-refractivity contribution in [2.24, 2.45) is 0 Å². The number of anilines is 1. The van der Waals surface area contributed by atoms with Crippen LogP contribution in [0.25, 0.3) is 0 Å².